The number of halogens is 2. The van der Waals surface area contributed by atoms with Gasteiger partial charge in [-0.05, 0) is 98.7 Å². The molecule has 0 bridgehead atoms. The highest BCUT2D eigenvalue weighted by Gasteiger charge is 2.38. The maximum absolute atomic E-state index is 2.54. The van der Waals surface area contributed by atoms with E-state index in [2.05, 4.69) is 83.6 Å². The van der Waals surface area contributed by atoms with Crippen LogP contribution < -0.4 is 34.0 Å². The van der Waals surface area contributed by atoms with Crippen molar-refractivity contribution < 1.29 is 42.9 Å². The summed E-state index contributed by atoms with van der Waals surface area (Å²) in [6, 6.07) is 0. The molecule has 0 heterocycles. The third-order valence-corrected chi connectivity index (χ3v) is 12.2. The molecule has 4 heteroatoms. The van der Waals surface area contributed by atoms with Crippen molar-refractivity contribution in [3.63, 3.8) is 0 Å². The molecule has 0 aliphatic heterocycles. The highest BCUT2D eigenvalue weighted by atomic mass is 79.9. The Balaban J connectivity index is 0.00000840. The van der Waals surface area contributed by atoms with Crippen molar-refractivity contribution in [3.05, 3.63) is 0 Å². The fraction of sp³-hybridized carbons (Fsp3) is 1.00. The number of rotatable bonds is 17. The van der Waals surface area contributed by atoms with E-state index in [0.717, 1.165) is 35.5 Å². The monoisotopic (exact) mass is 720 g/mol. The van der Waals surface area contributed by atoms with Gasteiger partial charge in [-0.15, -0.1) is 0 Å². The lowest BCUT2D eigenvalue weighted by Gasteiger charge is -2.44. The second-order valence-corrected chi connectivity index (χ2v) is 18.4. The van der Waals surface area contributed by atoms with E-state index in [4.69, 9.17) is 0 Å². The molecule has 6 unspecified atom stereocenters. The Morgan fingerprint density at radius 2 is 0.929 bits per heavy atom. The molecule has 6 atom stereocenters. The largest absolute Gasteiger partial charge is 1.00 e. The van der Waals surface area contributed by atoms with Crippen LogP contribution in [0.15, 0.2) is 0 Å². The molecule has 2 aliphatic rings. The van der Waals surface area contributed by atoms with Gasteiger partial charge in [0.05, 0.1) is 54.4 Å². The van der Waals surface area contributed by atoms with Crippen LogP contribution in [-0.4, -0.2) is 63.3 Å². The second-order valence-electron chi connectivity index (χ2n) is 18.4. The molecule has 0 aromatic carbocycles. The van der Waals surface area contributed by atoms with E-state index in [1.165, 1.54) is 125 Å². The van der Waals surface area contributed by atoms with Crippen molar-refractivity contribution in [2.45, 2.75) is 145 Å². The lowest BCUT2D eigenvalue weighted by molar-refractivity contribution is -0.894. The first-order chi connectivity index (χ1) is 18.4. The molecule has 2 fully saturated rings. The van der Waals surface area contributed by atoms with E-state index < -0.39 is 0 Å². The van der Waals surface area contributed by atoms with Gasteiger partial charge in [-0.25, -0.2) is 0 Å². The van der Waals surface area contributed by atoms with Gasteiger partial charge in [-0.3, -0.25) is 0 Å². The van der Waals surface area contributed by atoms with Crippen LogP contribution in [0.25, 0.3) is 0 Å². The summed E-state index contributed by atoms with van der Waals surface area (Å²) >= 11 is 0. The molecule has 0 spiro atoms. The summed E-state index contributed by atoms with van der Waals surface area (Å²) in [7, 11) is 9.95. The smallest absolute Gasteiger partial charge is 0.0808 e. The molecular formula is C38H78Br2N2. The predicted octanol–water partition coefficient (Wildman–Crippen LogP) is 4.47. The Kier molecular flexibility index (Phi) is 19.3. The van der Waals surface area contributed by atoms with E-state index in [0.29, 0.717) is 10.8 Å². The summed E-state index contributed by atoms with van der Waals surface area (Å²) in [6.07, 6.45) is 20.0. The number of nitrogens with zero attached hydrogens (tertiary/aromatic N) is 2. The quantitative estimate of drug-likeness (QED) is 0.154. The SMILES string of the molecule is CC(CCC1C(C)CCCC1(C)C)C[N+](C)(C)CCCCCC[N+](C)(C)CC(C)CCC1C(C)CCCC1(C)C.[Br-].[Br-]. The first-order valence-corrected chi connectivity index (χ1v) is 18.1. The Bertz CT molecular complexity index is 656. The third-order valence-electron chi connectivity index (χ3n) is 12.2. The molecule has 254 valence electrons. The maximum Gasteiger partial charge on any atom is 0.0808 e. The molecule has 2 rings (SSSR count). The van der Waals surface area contributed by atoms with Crippen molar-refractivity contribution in [1.82, 2.24) is 0 Å². The van der Waals surface area contributed by atoms with Crippen LogP contribution in [0.2, 0.25) is 0 Å². The first kappa shape index (κ1) is 42.9. The van der Waals surface area contributed by atoms with Gasteiger partial charge in [-0.2, -0.15) is 0 Å². The fourth-order valence-corrected chi connectivity index (χ4v) is 9.84. The number of hydrogen-bond donors (Lipinski definition) is 0. The lowest BCUT2D eigenvalue weighted by Crippen LogP contribution is -3.00. The molecule has 2 aliphatic carbocycles. The molecular weight excluding hydrogens is 644 g/mol. The van der Waals surface area contributed by atoms with E-state index in [1.807, 2.05) is 0 Å². The number of unbranched alkanes of at least 4 members (excludes halogenated alkanes) is 3. The molecule has 2 nitrogen and oxygen atoms in total. The Morgan fingerprint density at radius 3 is 1.24 bits per heavy atom. The minimum absolute atomic E-state index is 0. The van der Waals surface area contributed by atoms with Gasteiger partial charge in [0.1, 0.15) is 0 Å². The van der Waals surface area contributed by atoms with Crippen molar-refractivity contribution >= 4 is 0 Å². The second kappa shape index (κ2) is 18.9. The normalized spacial score (nSPS) is 27.4. The van der Waals surface area contributed by atoms with Gasteiger partial charge in [-0.1, -0.05) is 81.1 Å². The highest BCUT2D eigenvalue weighted by Crippen LogP contribution is 2.47. The van der Waals surface area contributed by atoms with Gasteiger partial charge in [0, 0.05) is 11.8 Å². The predicted molar refractivity (Wildman–Crippen MR) is 180 cm³/mol. The average molecular weight is 723 g/mol. The highest BCUT2D eigenvalue weighted by molar-refractivity contribution is 4.87. The zero-order chi connectivity index (χ0) is 30.2. The summed E-state index contributed by atoms with van der Waals surface area (Å²) in [5.41, 5.74) is 1.11. The zero-order valence-electron chi connectivity index (χ0n) is 30.8. The molecule has 0 N–H and O–H groups in total. The van der Waals surface area contributed by atoms with Gasteiger partial charge < -0.3 is 42.9 Å². The molecule has 0 saturated heterocycles. The molecule has 0 amide bonds. The molecule has 0 aromatic heterocycles. The topological polar surface area (TPSA) is 0 Å². The van der Waals surface area contributed by atoms with Gasteiger partial charge in [0.2, 0.25) is 0 Å². The van der Waals surface area contributed by atoms with Crippen LogP contribution in [0, 0.1) is 46.3 Å². The summed E-state index contributed by atoms with van der Waals surface area (Å²) in [6.45, 7) is 25.6. The van der Waals surface area contributed by atoms with Crippen molar-refractivity contribution in [1.29, 1.82) is 0 Å². The maximum atomic E-state index is 2.54. The molecule has 0 radical (unpaired) electrons. The van der Waals surface area contributed by atoms with Crippen LogP contribution in [0.3, 0.4) is 0 Å². The average Bonchev–Trinajstić information content (AvgIpc) is 2.79. The van der Waals surface area contributed by atoms with Crippen molar-refractivity contribution in [3.8, 4) is 0 Å². The Hall–Kier alpha value is 0.880. The standard InChI is InChI=1S/C38H78N2.2BrH/c1-31(21-23-35-33(3)19-17-25-37(35,5)6)29-39(9,10)27-15-13-14-16-28-40(11,12)30-32(2)22-24-36-34(4)20-18-26-38(36,7)8;;/h31-36H,13-30H2,1-12H3;2*1H/q+2;;/p-2. The van der Waals surface area contributed by atoms with Crippen LogP contribution >= 0.6 is 0 Å². The summed E-state index contributed by atoms with van der Waals surface area (Å²) in [4.78, 5) is 0. The van der Waals surface area contributed by atoms with Crippen molar-refractivity contribution in [2.75, 3.05) is 54.4 Å². The number of quaternary nitrogens is 2. The minimum Gasteiger partial charge on any atom is -1.00 e. The lowest BCUT2D eigenvalue weighted by atomic mass is 9.62. The Morgan fingerprint density at radius 1 is 0.595 bits per heavy atom. The van der Waals surface area contributed by atoms with E-state index in [1.54, 1.807) is 0 Å². The van der Waals surface area contributed by atoms with Crippen LogP contribution in [0.5, 0.6) is 0 Å². The van der Waals surface area contributed by atoms with E-state index in [-0.39, 0.29) is 34.0 Å². The first-order valence-electron chi connectivity index (χ1n) is 18.1. The summed E-state index contributed by atoms with van der Waals surface area (Å²) in [5, 5.41) is 0. The van der Waals surface area contributed by atoms with Crippen LogP contribution in [0.1, 0.15) is 145 Å². The molecule has 2 saturated carbocycles. The van der Waals surface area contributed by atoms with E-state index in [9.17, 15) is 0 Å². The van der Waals surface area contributed by atoms with Crippen LogP contribution in [0.4, 0.5) is 0 Å². The van der Waals surface area contributed by atoms with Gasteiger partial charge in [0.15, 0.2) is 0 Å². The Labute approximate surface area is 287 Å². The van der Waals surface area contributed by atoms with Gasteiger partial charge >= 0.3 is 0 Å². The van der Waals surface area contributed by atoms with Crippen molar-refractivity contribution in [2.24, 2.45) is 46.3 Å². The fourth-order valence-electron chi connectivity index (χ4n) is 9.84. The minimum atomic E-state index is 0. The van der Waals surface area contributed by atoms with Gasteiger partial charge in [0.25, 0.3) is 0 Å². The summed E-state index contributed by atoms with van der Waals surface area (Å²) in [5.74, 6) is 5.38. The molecule has 0 aromatic rings. The molecule has 42 heavy (non-hydrogen) atoms. The zero-order valence-corrected chi connectivity index (χ0v) is 34.0. The van der Waals surface area contributed by atoms with Crippen LogP contribution in [-0.2, 0) is 0 Å². The van der Waals surface area contributed by atoms with E-state index >= 15 is 0 Å². The summed E-state index contributed by atoms with van der Waals surface area (Å²) < 4.78 is 2.42. The number of hydrogen-bond acceptors (Lipinski definition) is 0. The third kappa shape index (κ3) is 15.0.